The molecule has 0 aromatic heterocycles. The zero-order chi connectivity index (χ0) is 45.4. The molecule has 346 valence electrons. The highest BCUT2D eigenvalue weighted by atomic mass is 32.3. The average Bonchev–Trinajstić information content (AvgIpc) is 2.95. The van der Waals surface area contributed by atoms with Gasteiger partial charge in [-0.2, -0.15) is 71.6 Å². The lowest BCUT2D eigenvalue weighted by atomic mass is 9.75. The summed E-state index contributed by atoms with van der Waals surface area (Å²) in [6.07, 6.45) is -22.1. The number of ether oxygens (including phenoxy) is 3. The summed E-state index contributed by atoms with van der Waals surface area (Å²) >= 11 is 7.42. The van der Waals surface area contributed by atoms with Crippen molar-refractivity contribution in [1.29, 1.82) is 0 Å². The summed E-state index contributed by atoms with van der Waals surface area (Å²) in [6, 6.07) is 0. The fourth-order valence-electron chi connectivity index (χ4n) is 5.17. The maximum Gasteiger partial charge on any atom is 0.400 e. The predicted octanol–water partition coefficient (Wildman–Crippen LogP) is -5.56. The van der Waals surface area contributed by atoms with Crippen molar-refractivity contribution in [1.82, 2.24) is 0 Å². The van der Waals surface area contributed by atoms with Crippen molar-refractivity contribution in [3.8, 4) is 0 Å². The summed E-state index contributed by atoms with van der Waals surface area (Å²) in [7, 11) is -42.9. The molecule has 58 heavy (non-hydrogen) atoms. The highest BCUT2D eigenvalue weighted by Gasteiger charge is 2.79. The number of hydrogen-bond acceptors (Lipinski definition) is 28. The molecule has 0 aromatic carbocycles. The third kappa shape index (κ3) is 15.4. The smallest absolute Gasteiger partial charge is 0.358 e. The van der Waals surface area contributed by atoms with Crippen LogP contribution >= 0.6 is 25.3 Å². The van der Waals surface area contributed by atoms with Gasteiger partial charge in [-0.15, -0.1) is 12.6 Å². The van der Waals surface area contributed by atoms with Crippen LogP contribution in [0.25, 0.3) is 0 Å². The number of unbranched alkanes of at least 4 members (excludes halogenated alkanes) is 1. The molecule has 2 saturated heterocycles. The summed E-state index contributed by atoms with van der Waals surface area (Å²) in [6.45, 7) is -3.90. The van der Waals surface area contributed by atoms with Gasteiger partial charge in [-0.05, 0) is 25.0 Å². The third-order valence-corrected chi connectivity index (χ3v) is 11.0. The van der Waals surface area contributed by atoms with Crippen molar-refractivity contribution in [2.45, 2.75) is 78.7 Å². The summed E-state index contributed by atoms with van der Waals surface area (Å²) in [5, 5.41) is 23.6. The lowest BCUT2D eigenvalue weighted by molar-refractivity contribution is -0.474. The van der Waals surface area contributed by atoms with Crippen LogP contribution in [-0.4, -0.2) is 179 Å². The van der Waals surface area contributed by atoms with Gasteiger partial charge in [-0.1, -0.05) is 0 Å². The second-order valence-electron chi connectivity index (χ2n) is 11.0. The van der Waals surface area contributed by atoms with Gasteiger partial charge in [0.15, 0.2) is 23.4 Å². The molecule has 0 bridgehead atoms. The summed E-state index contributed by atoms with van der Waals surface area (Å²) in [5.74, 6) is -9.99. The van der Waals surface area contributed by atoms with Crippen molar-refractivity contribution in [2.24, 2.45) is 0 Å². The van der Waals surface area contributed by atoms with Crippen LogP contribution in [-0.2, 0) is 116 Å². The lowest BCUT2D eigenvalue weighted by Crippen LogP contribution is -2.83. The molecule has 0 unspecified atom stereocenters. The van der Waals surface area contributed by atoms with E-state index in [1.807, 2.05) is 0 Å². The van der Waals surface area contributed by atoms with E-state index in [4.69, 9.17) is 18.8 Å². The van der Waals surface area contributed by atoms with Crippen LogP contribution in [0.2, 0.25) is 0 Å². The second-order valence-corrected chi connectivity index (χ2v) is 19.2. The van der Waals surface area contributed by atoms with Gasteiger partial charge in [-0.25, -0.2) is 29.3 Å². The van der Waals surface area contributed by atoms with Gasteiger partial charge in [0.05, 0.1) is 13.2 Å². The van der Waals surface area contributed by atoms with Crippen LogP contribution in [0.15, 0.2) is 0 Å². The van der Waals surface area contributed by atoms with Crippen molar-refractivity contribution in [3.63, 3.8) is 0 Å². The summed E-state index contributed by atoms with van der Waals surface area (Å²) in [4.78, 5) is 0. The summed E-state index contributed by atoms with van der Waals surface area (Å²) in [5.41, 5.74) is -7.16. The standard InChI is InChI=1S/C16H30O33S9/c17-15(48-57(34,35)36)13(51)43-8(6-41-53(22,23)24)14(3-1-2-4-50,16(15,18)49-58(37,38)39)44-12-11(47-56(31,32)33)10(46-55(28,29)30)9(45-54(25,26)27)7(42-12)5-40-52(19,20)21/h7-13,17-18,50-51H,1-6H2,(H,19,20,21)(H,22,23,24)(H,25,26,27)(H,28,29,30)(H,31,32,33)(H,34,35,36)(H,37,38,39)/t7-,8-,9-,10+,11-,12-,13+,14-,15+,16+/m1/s1. The molecule has 42 heteroatoms. The molecule has 0 aliphatic carbocycles. The highest BCUT2D eigenvalue weighted by Crippen LogP contribution is 2.54. The minimum Gasteiger partial charge on any atom is -0.358 e. The molecule has 33 nitrogen and oxygen atoms in total. The van der Waals surface area contributed by atoms with E-state index in [1.54, 1.807) is 0 Å². The van der Waals surface area contributed by atoms with Gasteiger partial charge < -0.3 is 24.4 Å². The van der Waals surface area contributed by atoms with Gasteiger partial charge >= 0.3 is 72.8 Å². The Morgan fingerprint density at radius 3 is 1.43 bits per heavy atom. The molecule has 10 atom stereocenters. The first-order valence-electron chi connectivity index (χ1n) is 14.0. The topological polar surface area (TPSA) is 513 Å². The molecule has 0 radical (unpaired) electrons. The van der Waals surface area contributed by atoms with Crippen LogP contribution in [0.5, 0.6) is 0 Å². The maximum atomic E-state index is 12.3. The van der Waals surface area contributed by atoms with E-state index < -0.39 is 158 Å². The first-order chi connectivity index (χ1) is 25.7. The lowest BCUT2D eigenvalue weighted by Gasteiger charge is -2.59. The maximum absolute atomic E-state index is 12.3. The Morgan fingerprint density at radius 1 is 0.552 bits per heavy atom. The van der Waals surface area contributed by atoms with Gasteiger partial charge in [0.25, 0.3) is 11.6 Å². The fourth-order valence-corrected chi connectivity index (χ4v) is 9.02. The molecule has 0 amide bonds. The Bertz CT molecular complexity index is 2240. The van der Waals surface area contributed by atoms with Crippen molar-refractivity contribution in [2.75, 3.05) is 19.0 Å². The Kier molecular flexibility index (Phi) is 17.4. The Morgan fingerprint density at radius 2 is 1.00 bits per heavy atom. The molecule has 9 N–H and O–H groups in total. The normalized spacial score (nSPS) is 33.5. The number of thiol groups is 2. The van der Waals surface area contributed by atoms with Crippen molar-refractivity contribution in [3.05, 3.63) is 0 Å². The summed E-state index contributed by atoms with van der Waals surface area (Å²) < 4.78 is 277. The van der Waals surface area contributed by atoms with Crippen LogP contribution in [0.4, 0.5) is 0 Å². The monoisotopic (exact) mass is 1040 g/mol. The Balaban J connectivity index is 3.28. The second kappa shape index (κ2) is 18.7. The van der Waals surface area contributed by atoms with E-state index in [0.717, 1.165) is 0 Å². The van der Waals surface area contributed by atoms with Gasteiger partial charge in [0.1, 0.15) is 24.4 Å². The largest absolute Gasteiger partial charge is 0.400 e. The third-order valence-electron chi connectivity index (χ3n) is 6.99. The Labute approximate surface area is 338 Å². The van der Waals surface area contributed by atoms with E-state index >= 15 is 0 Å². The quantitative estimate of drug-likeness (QED) is 0.0208. The molecular formula is C16H30O33S9. The number of aliphatic hydroxyl groups is 2. The van der Waals surface area contributed by atoms with Crippen LogP contribution in [0.3, 0.4) is 0 Å². The zero-order valence-electron chi connectivity index (χ0n) is 27.4. The van der Waals surface area contributed by atoms with Crippen molar-refractivity contribution >= 4 is 98.1 Å². The van der Waals surface area contributed by atoms with Crippen molar-refractivity contribution < 1.29 is 144 Å². The minimum absolute atomic E-state index is 0.260. The van der Waals surface area contributed by atoms with Crippen LogP contribution in [0, 0.1) is 0 Å². The zero-order valence-corrected chi connectivity index (χ0v) is 34.9. The molecule has 0 saturated carbocycles. The molecule has 0 aromatic rings. The fraction of sp³-hybridized carbons (Fsp3) is 1.00. The molecule has 2 aliphatic heterocycles. The SMILES string of the molecule is O=S(=O)(O)OC[C@H]1O[C@H](O[C@]2(CCCCS)[C@@H](COS(=O)(=O)O)O[C@@H](S)[C@](O)(OS(=O)(=O)O)[C@@]2(O)OS(=O)(=O)O)[C@H](OS(=O)(=O)O)[C@@H](OS(=O)(=O)O)[C@@H]1OS(=O)(=O)O. The van der Waals surface area contributed by atoms with Gasteiger partial charge in [0, 0.05) is 0 Å². The highest BCUT2D eigenvalue weighted by molar-refractivity contribution is 7.82. The van der Waals surface area contributed by atoms with E-state index in [1.165, 1.54) is 0 Å². The molecule has 0 spiro atoms. The minimum atomic E-state index is -6.52. The van der Waals surface area contributed by atoms with E-state index in [-0.39, 0.29) is 12.2 Å². The van der Waals surface area contributed by atoms with Gasteiger partial charge in [0.2, 0.25) is 0 Å². The molecule has 2 rings (SSSR count). The molecular weight excluding hydrogens is 1010 g/mol. The first-order valence-corrected chi connectivity index (χ1v) is 24.7. The van der Waals surface area contributed by atoms with E-state index in [9.17, 15) is 96.5 Å². The van der Waals surface area contributed by atoms with Gasteiger partial charge in [-0.3, -0.25) is 31.9 Å². The van der Waals surface area contributed by atoms with Crippen LogP contribution < -0.4 is 0 Å². The van der Waals surface area contributed by atoms with Crippen LogP contribution in [0.1, 0.15) is 19.3 Å². The Hall–Kier alpha value is -0.410. The number of hydrogen-bond donors (Lipinski definition) is 11. The average molecular weight is 1040 g/mol. The van der Waals surface area contributed by atoms with E-state index in [0.29, 0.717) is 0 Å². The number of rotatable bonds is 22. The predicted molar refractivity (Wildman–Crippen MR) is 177 cm³/mol. The molecule has 2 heterocycles. The first kappa shape index (κ1) is 53.7. The molecule has 2 fully saturated rings. The molecule has 2 aliphatic rings. The van der Waals surface area contributed by atoms with E-state index in [2.05, 4.69) is 54.5 Å².